The SMILES string of the molecule is CCCCCC1CN(CC(=O)C[C@H](C(=O)O)c2ccccc2)C(=O)c2cc(-c3ccc(Cl)cc3)nn21. The molecule has 0 radical (unpaired) electrons. The van der Waals surface area contributed by atoms with Gasteiger partial charge in [0.25, 0.3) is 5.91 Å². The van der Waals surface area contributed by atoms with Gasteiger partial charge in [0.1, 0.15) is 5.69 Å². The summed E-state index contributed by atoms with van der Waals surface area (Å²) in [6.45, 7) is 2.38. The Labute approximate surface area is 215 Å². The molecule has 1 unspecified atom stereocenters. The summed E-state index contributed by atoms with van der Waals surface area (Å²) >= 11 is 6.02. The van der Waals surface area contributed by atoms with Crippen LogP contribution < -0.4 is 0 Å². The van der Waals surface area contributed by atoms with Crippen LogP contribution in [0.2, 0.25) is 5.02 Å². The molecule has 0 saturated heterocycles. The molecule has 0 spiro atoms. The van der Waals surface area contributed by atoms with E-state index in [-0.39, 0.29) is 30.7 Å². The number of nitrogens with zero attached hydrogens (tertiary/aromatic N) is 3. The number of amides is 1. The molecule has 1 amide bonds. The molecule has 3 aromatic rings. The van der Waals surface area contributed by atoms with Gasteiger partial charge in [-0.3, -0.25) is 19.1 Å². The molecule has 188 valence electrons. The molecule has 7 nitrogen and oxygen atoms in total. The number of benzene rings is 2. The normalized spacial score (nSPS) is 16.0. The van der Waals surface area contributed by atoms with Gasteiger partial charge in [-0.05, 0) is 30.2 Å². The van der Waals surface area contributed by atoms with Crippen molar-refractivity contribution in [3.05, 3.63) is 76.9 Å². The molecule has 1 aromatic heterocycles. The van der Waals surface area contributed by atoms with Crippen LogP contribution in [0.25, 0.3) is 11.3 Å². The summed E-state index contributed by atoms with van der Waals surface area (Å²) in [5, 5.41) is 15.1. The summed E-state index contributed by atoms with van der Waals surface area (Å²) < 4.78 is 1.80. The average Bonchev–Trinajstić information content (AvgIpc) is 3.32. The molecule has 0 bridgehead atoms. The van der Waals surface area contributed by atoms with Crippen molar-refractivity contribution in [3.8, 4) is 11.3 Å². The van der Waals surface area contributed by atoms with Gasteiger partial charge in [-0.15, -0.1) is 0 Å². The standard InChI is InChI=1S/C28H30ClN3O4/c1-2-3-5-10-22-17-31(18-23(33)15-24(28(35)36)19-8-6-4-7-9-19)27(34)26-16-25(30-32(22)26)20-11-13-21(29)14-12-20/h4,6-9,11-14,16,22,24H,2-3,5,10,15,17-18H2,1H3,(H,35,36)/t22?,24-/m0/s1. The fourth-order valence-corrected chi connectivity index (χ4v) is 4.81. The van der Waals surface area contributed by atoms with Crippen LogP contribution in [0.3, 0.4) is 0 Å². The number of fused-ring (bicyclic) bond motifs is 1. The van der Waals surface area contributed by atoms with E-state index >= 15 is 0 Å². The van der Waals surface area contributed by atoms with Crippen molar-refractivity contribution in [2.24, 2.45) is 0 Å². The first-order valence-electron chi connectivity index (χ1n) is 12.3. The maximum Gasteiger partial charge on any atom is 0.311 e. The van der Waals surface area contributed by atoms with Gasteiger partial charge >= 0.3 is 5.97 Å². The third-order valence-corrected chi connectivity index (χ3v) is 6.85. The number of aliphatic carboxylic acids is 1. The zero-order valence-electron chi connectivity index (χ0n) is 20.3. The van der Waals surface area contributed by atoms with E-state index in [2.05, 4.69) is 6.92 Å². The molecule has 1 N–H and O–H groups in total. The summed E-state index contributed by atoms with van der Waals surface area (Å²) in [5.41, 5.74) is 2.56. The van der Waals surface area contributed by atoms with Crippen LogP contribution in [0.15, 0.2) is 60.7 Å². The van der Waals surface area contributed by atoms with Gasteiger partial charge in [-0.25, -0.2) is 0 Å². The Morgan fingerprint density at radius 1 is 1.11 bits per heavy atom. The third-order valence-electron chi connectivity index (χ3n) is 6.60. The number of ketones is 1. The van der Waals surface area contributed by atoms with E-state index in [4.69, 9.17) is 16.7 Å². The van der Waals surface area contributed by atoms with E-state index in [1.165, 1.54) is 0 Å². The molecule has 0 saturated carbocycles. The Hall–Kier alpha value is -3.45. The van der Waals surface area contributed by atoms with Crippen LogP contribution in [-0.4, -0.2) is 50.5 Å². The first-order chi connectivity index (χ1) is 17.4. The van der Waals surface area contributed by atoms with Crippen LogP contribution in [-0.2, 0) is 9.59 Å². The number of carbonyl (C=O) groups excluding carboxylic acids is 2. The number of unbranched alkanes of at least 4 members (excludes halogenated alkanes) is 2. The summed E-state index contributed by atoms with van der Waals surface area (Å²) in [6, 6.07) is 17.7. The number of hydrogen-bond donors (Lipinski definition) is 1. The minimum absolute atomic E-state index is 0.0532. The average molecular weight is 508 g/mol. The number of aromatic nitrogens is 2. The van der Waals surface area contributed by atoms with Gasteiger partial charge in [0, 0.05) is 23.6 Å². The van der Waals surface area contributed by atoms with Crippen molar-refractivity contribution in [2.75, 3.05) is 13.1 Å². The van der Waals surface area contributed by atoms with Gasteiger partial charge in [0.05, 0.1) is 24.2 Å². The molecule has 0 aliphatic carbocycles. The molecule has 2 aromatic carbocycles. The third kappa shape index (κ3) is 5.85. The largest absolute Gasteiger partial charge is 0.481 e. The highest BCUT2D eigenvalue weighted by Gasteiger charge is 2.34. The van der Waals surface area contributed by atoms with E-state index in [9.17, 15) is 19.5 Å². The van der Waals surface area contributed by atoms with Crippen molar-refractivity contribution in [2.45, 2.75) is 51.0 Å². The lowest BCUT2D eigenvalue weighted by molar-refractivity contribution is -0.140. The Kier molecular flexibility index (Phi) is 8.21. The zero-order valence-corrected chi connectivity index (χ0v) is 21.0. The highest BCUT2D eigenvalue weighted by Crippen LogP contribution is 2.30. The van der Waals surface area contributed by atoms with E-state index in [1.54, 1.807) is 58.1 Å². The summed E-state index contributed by atoms with van der Waals surface area (Å²) in [5.74, 6) is -2.55. The lowest BCUT2D eigenvalue weighted by Gasteiger charge is -2.33. The molecular formula is C28H30ClN3O4. The van der Waals surface area contributed by atoms with Crippen LogP contribution in [0.4, 0.5) is 0 Å². The molecule has 8 heteroatoms. The number of halogens is 1. The highest BCUT2D eigenvalue weighted by atomic mass is 35.5. The molecule has 36 heavy (non-hydrogen) atoms. The minimum atomic E-state index is -1.05. The minimum Gasteiger partial charge on any atom is -0.481 e. The fourth-order valence-electron chi connectivity index (χ4n) is 4.69. The molecule has 0 fully saturated rings. The maximum absolute atomic E-state index is 13.4. The lowest BCUT2D eigenvalue weighted by Crippen LogP contribution is -2.45. The topological polar surface area (TPSA) is 92.5 Å². The number of carboxylic acid groups (broad SMARTS) is 1. The van der Waals surface area contributed by atoms with Crippen LogP contribution in [0.1, 0.15) is 67.0 Å². The maximum atomic E-state index is 13.4. The molecular weight excluding hydrogens is 478 g/mol. The smallest absolute Gasteiger partial charge is 0.311 e. The Bertz CT molecular complexity index is 1220. The molecule has 1 aliphatic rings. The van der Waals surface area contributed by atoms with Gasteiger partial charge < -0.3 is 10.0 Å². The Morgan fingerprint density at radius 3 is 2.50 bits per heavy atom. The van der Waals surface area contributed by atoms with Crippen LogP contribution in [0, 0.1) is 0 Å². The van der Waals surface area contributed by atoms with Crippen molar-refractivity contribution in [1.29, 1.82) is 0 Å². The van der Waals surface area contributed by atoms with Crippen molar-refractivity contribution < 1.29 is 19.5 Å². The molecule has 2 atom stereocenters. The second kappa shape index (κ2) is 11.5. The molecule has 4 rings (SSSR count). The van der Waals surface area contributed by atoms with Crippen LogP contribution in [0.5, 0.6) is 0 Å². The first kappa shape index (κ1) is 25.6. The number of carbonyl (C=O) groups is 3. The van der Waals surface area contributed by atoms with E-state index in [0.717, 1.165) is 31.2 Å². The van der Waals surface area contributed by atoms with E-state index in [0.29, 0.717) is 28.5 Å². The van der Waals surface area contributed by atoms with Crippen molar-refractivity contribution >= 4 is 29.3 Å². The second-order valence-electron chi connectivity index (χ2n) is 9.25. The number of carboxylic acids is 1. The zero-order chi connectivity index (χ0) is 25.7. The van der Waals surface area contributed by atoms with Gasteiger partial charge in [-0.2, -0.15) is 5.10 Å². The quantitative estimate of drug-likeness (QED) is 0.340. The predicted octanol–water partition coefficient (Wildman–Crippen LogP) is 5.61. The molecule has 2 heterocycles. The van der Waals surface area contributed by atoms with Crippen LogP contribution >= 0.6 is 11.6 Å². The molecule has 1 aliphatic heterocycles. The first-order valence-corrected chi connectivity index (χ1v) is 12.7. The fraction of sp³-hybridized carbons (Fsp3) is 0.357. The van der Waals surface area contributed by atoms with E-state index in [1.807, 2.05) is 12.1 Å². The predicted molar refractivity (Wildman–Crippen MR) is 138 cm³/mol. The number of hydrogen-bond acceptors (Lipinski definition) is 4. The second-order valence-corrected chi connectivity index (χ2v) is 9.68. The number of rotatable bonds is 11. The number of Topliss-reactive ketones (excluding diaryl/α,β-unsaturated/α-hetero) is 1. The summed E-state index contributed by atoms with van der Waals surface area (Å²) in [4.78, 5) is 39.8. The Morgan fingerprint density at radius 2 is 1.83 bits per heavy atom. The van der Waals surface area contributed by atoms with Gasteiger partial charge in [0.15, 0.2) is 5.78 Å². The Balaban J connectivity index is 1.55. The van der Waals surface area contributed by atoms with Gasteiger partial charge in [-0.1, -0.05) is 80.3 Å². The monoisotopic (exact) mass is 507 g/mol. The highest BCUT2D eigenvalue weighted by molar-refractivity contribution is 6.30. The summed E-state index contributed by atoms with van der Waals surface area (Å²) in [6.07, 6.45) is 3.80. The van der Waals surface area contributed by atoms with Crippen molar-refractivity contribution in [1.82, 2.24) is 14.7 Å². The summed E-state index contributed by atoms with van der Waals surface area (Å²) in [7, 11) is 0. The lowest BCUT2D eigenvalue weighted by atomic mass is 9.93. The van der Waals surface area contributed by atoms with E-state index < -0.39 is 11.9 Å². The van der Waals surface area contributed by atoms with Gasteiger partial charge in [0.2, 0.25) is 0 Å². The van der Waals surface area contributed by atoms with Crippen molar-refractivity contribution in [3.63, 3.8) is 0 Å².